The number of amides is 1. The summed E-state index contributed by atoms with van der Waals surface area (Å²) in [6.07, 6.45) is 4.57. The summed E-state index contributed by atoms with van der Waals surface area (Å²) in [6.45, 7) is 1.88. The summed E-state index contributed by atoms with van der Waals surface area (Å²) in [6, 6.07) is 7.78. The van der Waals surface area contributed by atoms with Gasteiger partial charge in [-0.15, -0.1) is 0 Å². The van der Waals surface area contributed by atoms with Gasteiger partial charge in [0, 0.05) is 18.0 Å². The number of carboxylic acid groups (broad SMARTS) is 1. The Balaban J connectivity index is 2.07. The van der Waals surface area contributed by atoms with Gasteiger partial charge in [-0.1, -0.05) is 13.3 Å². The highest BCUT2D eigenvalue weighted by Gasteiger charge is 2.19. The fourth-order valence-electron chi connectivity index (χ4n) is 1.97. The average Bonchev–Trinajstić information content (AvgIpc) is 3.01. The monoisotopic (exact) mass is 287 g/mol. The zero-order valence-electron chi connectivity index (χ0n) is 11.7. The minimum absolute atomic E-state index is 0.386. The molecule has 1 aromatic carbocycles. The van der Waals surface area contributed by atoms with Gasteiger partial charge in [0.15, 0.2) is 0 Å². The van der Waals surface area contributed by atoms with Gasteiger partial charge in [0.05, 0.1) is 5.69 Å². The Bertz CT molecular complexity index is 606. The molecule has 6 heteroatoms. The van der Waals surface area contributed by atoms with Crippen LogP contribution in [0.1, 0.15) is 30.1 Å². The van der Waals surface area contributed by atoms with E-state index in [0.29, 0.717) is 18.4 Å². The molecule has 1 aromatic heterocycles. The van der Waals surface area contributed by atoms with E-state index in [4.69, 9.17) is 5.11 Å². The summed E-state index contributed by atoms with van der Waals surface area (Å²) in [7, 11) is 0. The summed E-state index contributed by atoms with van der Waals surface area (Å²) < 4.78 is 1.68. The Morgan fingerprint density at radius 1 is 1.33 bits per heavy atom. The van der Waals surface area contributed by atoms with Crippen LogP contribution in [-0.2, 0) is 4.79 Å². The van der Waals surface area contributed by atoms with Gasteiger partial charge >= 0.3 is 5.97 Å². The molecule has 0 fully saturated rings. The number of hydrogen-bond acceptors (Lipinski definition) is 3. The zero-order valence-corrected chi connectivity index (χ0v) is 11.7. The summed E-state index contributed by atoms with van der Waals surface area (Å²) in [5, 5.41) is 15.7. The highest BCUT2D eigenvalue weighted by molar-refractivity contribution is 5.96. The molecule has 0 aliphatic carbocycles. The maximum absolute atomic E-state index is 12.0. The lowest BCUT2D eigenvalue weighted by Gasteiger charge is -2.13. The molecule has 0 bridgehead atoms. The molecule has 0 aliphatic rings. The number of hydrogen-bond donors (Lipinski definition) is 2. The van der Waals surface area contributed by atoms with Crippen LogP contribution in [0.5, 0.6) is 0 Å². The first-order chi connectivity index (χ1) is 10.1. The lowest BCUT2D eigenvalue weighted by molar-refractivity contribution is -0.139. The lowest BCUT2D eigenvalue weighted by atomic mass is 10.1. The van der Waals surface area contributed by atoms with E-state index in [0.717, 1.165) is 5.69 Å². The van der Waals surface area contributed by atoms with Gasteiger partial charge in [0.2, 0.25) is 0 Å². The second-order valence-electron chi connectivity index (χ2n) is 4.65. The van der Waals surface area contributed by atoms with Crippen LogP contribution in [-0.4, -0.2) is 32.8 Å². The van der Waals surface area contributed by atoms with Crippen molar-refractivity contribution in [3.05, 3.63) is 48.3 Å². The zero-order chi connectivity index (χ0) is 15.2. The second kappa shape index (κ2) is 6.69. The fourth-order valence-corrected chi connectivity index (χ4v) is 1.97. The summed E-state index contributed by atoms with van der Waals surface area (Å²) in [5.41, 5.74) is 1.26. The Morgan fingerprint density at radius 2 is 2.05 bits per heavy atom. The largest absolute Gasteiger partial charge is 0.480 e. The second-order valence-corrected chi connectivity index (χ2v) is 4.65. The minimum Gasteiger partial charge on any atom is -0.480 e. The van der Waals surface area contributed by atoms with Crippen molar-refractivity contribution in [2.75, 3.05) is 0 Å². The Hall–Kier alpha value is -2.63. The smallest absolute Gasteiger partial charge is 0.326 e. The average molecular weight is 287 g/mol. The third-order valence-corrected chi connectivity index (χ3v) is 3.08. The molecule has 110 valence electrons. The van der Waals surface area contributed by atoms with Crippen LogP contribution in [0.3, 0.4) is 0 Å². The number of nitrogens with one attached hydrogen (secondary N) is 1. The van der Waals surface area contributed by atoms with Gasteiger partial charge in [-0.25, -0.2) is 9.48 Å². The molecule has 0 saturated heterocycles. The van der Waals surface area contributed by atoms with Gasteiger partial charge in [-0.2, -0.15) is 5.10 Å². The van der Waals surface area contributed by atoms with Crippen LogP contribution in [0.25, 0.3) is 5.69 Å². The minimum atomic E-state index is -1.02. The molecule has 2 aromatic rings. The van der Waals surface area contributed by atoms with Crippen LogP contribution >= 0.6 is 0 Å². The van der Waals surface area contributed by atoms with E-state index in [2.05, 4.69) is 10.4 Å². The van der Waals surface area contributed by atoms with Gasteiger partial charge in [-0.3, -0.25) is 4.79 Å². The molecule has 2 rings (SSSR count). The van der Waals surface area contributed by atoms with Gasteiger partial charge in [0.25, 0.3) is 5.91 Å². The van der Waals surface area contributed by atoms with Crippen molar-refractivity contribution in [2.24, 2.45) is 0 Å². The maximum atomic E-state index is 12.0. The molecule has 0 radical (unpaired) electrons. The molecule has 1 unspecified atom stereocenters. The molecule has 2 N–H and O–H groups in total. The van der Waals surface area contributed by atoms with E-state index in [1.54, 1.807) is 41.3 Å². The number of carbonyl (C=O) groups is 2. The molecule has 6 nitrogen and oxygen atoms in total. The summed E-state index contributed by atoms with van der Waals surface area (Å²) >= 11 is 0. The highest BCUT2D eigenvalue weighted by Crippen LogP contribution is 2.09. The number of rotatable bonds is 6. The third kappa shape index (κ3) is 3.68. The quantitative estimate of drug-likeness (QED) is 0.849. The topological polar surface area (TPSA) is 84.2 Å². The first-order valence-corrected chi connectivity index (χ1v) is 6.75. The predicted molar refractivity (Wildman–Crippen MR) is 77.4 cm³/mol. The molecular weight excluding hydrogens is 270 g/mol. The number of benzene rings is 1. The molecule has 1 atom stereocenters. The van der Waals surface area contributed by atoms with Crippen molar-refractivity contribution in [3.8, 4) is 5.69 Å². The number of carboxylic acids is 1. The van der Waals surface area contributed by atoms with Gasteiger partial charge in [0.1, 0.15) is 6.04 Å². The molecule has 21 heavy (non-hydrogen) atoms. The van der Waals surface area contributed by atoms with E-state index >= 15 is 0 Å². The first-order valence-electron chi connectivity index (χ1n) is 6.75. The molecule has 0 aliphatic heterocycles. The van der Waals surface area contributed by atoms with Crippen molar-refractivity contribution in [3.63, 3.8) is 0 Å². The Morgan fingerprint density at radius 3 is 2.57 bits per heavy atom. The number of aliphatic carboxylic acids is 1. The van der Waals surface area contributed by atoms with E-state index in [1.165, 1.54) is 0 Å². The van der Waals surface area contributed by atoms with Crippen LogP contribution in [0.2, 0.25) is 0 Å². The van der Waals surface area contributed by atoms with Gasteiger partial charge < -0.3 is 10.4 Å². The van der Waals surface area contributed by atoms with E-state index in [9.17, 15) is 9.59 Å². The Labute approximate surface area is 122 Å². The maximum Gasteiger partial charge on any atom is 0.326 e. The number of aromatic nitrogens is 2. The van der Waals surface area contributed by atoms with Crippen LogP contribution in [0.4, 0.5) is 0 Å². The van der Waals surface area contributed by atoms with Crippen molar-refractivity contribution in [1.29, 1.82) is 0 Å². The summed E-state index contributed by atoms with van der Waals surface area (Å²) in [5.74, 6) is -1.40. The highest BCUT2D eigenvalue weighted by atomic mass is 16.4. The van der Waals surface area contributed by atoms with Crippen molar-refractivity contribution in [2.45, 2.75) is 25.8 Å². The number of nitrogens with zero attached hydrogens (tertiary/aromatic N) is 2. The number of carbonyl (C=O) groups excluding carboxylic acids is 1. The van der Waals surface area contributed by atoms with Crippen molar-refractivity contribution >= 4 is 11.9 Å². The van der Waals surface area contributed by atoms with Crippen LogP contribution < -0.4 is 5.32 Å². The van der Waals surface area contributed by atoms with Crippen LogP contribution in [0, 0.1) is 0 Å². The first kappa shape index (κ1) is 14.8. The Kier molecular flexibility index (Phi) is 4.71. The molecule has 0 saturated carbocycles. The van der Waals surface area contributed by atoms with E-state index in [-0.39, 0.29) is 5.91 Å². The fraction of sp³-hybridized carbons (Fsp3) is 0.267. The lowest BCUT2D eigenvalue weighted by Crippen LogP contribution is -2.40. The molecule has 0 spiro atoms. The standard InChI is InChI=1S/C15H17N3O3/c1-2-4-13(15(20)21)17-14(19)11-5-7-12(8-6-11)18-10-3-9-16-18/h3,5-10,13H,2,4H2,1H3,(H,17,19)(H,20,21). The van der Waals surface area contributed by atoms with Crippen molar-refractivity contribution < 1.29 is 14.7 Å². The molecule has 1 heterocycles. The normalized spacial score (nSPS) is 11.9. The van der Waals surface area contributed by atoms with E-state index < -0.39 is 12.0 Å². The molecular formula is C15H17N3O3. The van der Waals surface area contributed by atoms with Crippen molar-refractivity contribution in [1.82, 2.24) is 15.1 Å². The molecule has 1 amide bonds. The van der Waals surface area contributed by atoms with E-state index in [1.807, 2.05) is 13.0 Å². The third-order valence-electron chi connectivity index (χ3n) is 3.08. The predicted octanol–water partition coefficient (Wildman–Crippen LogP) is 1.86. The van der Waals surface area contributed by atoms with Crippen LogP contribution in [0.15, 0.2) is 42.7 Å². The van der Waals surface area contributed by atoms with Gasteiger partial charge in [-0.05, 0) is 36.8 Å². The summed E-state index contributed by atoms with van der Waals surface area (Å²) in [4.78, 5) is 23.1. The SMILES string of the molecule is CCCC(NC(=O)c1ccc(-n2cccn2)cc1)C(=O)O.